The Morgan fingerprint density at radius 3 is 2.93 bits per heavy atom. The molecule has 0 saturated carbocycles. The summed E-state index contributed by atoms with van der Waals surface area (Å²) in [4.78, 5) is 10.8. The van der Waals surface area contributed by atoms with Gasteiger partial charge in [0, 0.05) is 21.5 Å². The normalized spacial score (nSPS) is 10.7. The van der Waals surface area contributed by atoms with Crippen molar-refractivity contribution in [2.45, 2.75) is 10.1 Å². The van der Waals surface area contributed by atoms with Crippen LogP contribution in [0, 0.1) is 0 Å². The van der Waals surface area contributed by atoms with Crippen molar-refractivity contribution >= 4 is 51.9 Å². The van der Waals surface area contributed by atoms with Crippen LogP contribution in [0.15, 0.2) is 22.4 Å². The van der Waals surface area contributed by atoms with Crippen LogP contribution >= 0.6 is 35.6 Å². The maximum Gasteiger partial charge on any atom is 0.150 e. The molecule has 0 unspecified atom stereocenters. The first kappa shape index (κ1) is 10.0. The number of halogens is 1. The standard InChI is InChI=1S/C10H7ClOS2/c11-4-6-1-2-7(5-12)8-3-9(13)14-10(6)8/h1-3,5,13H,4H2. The van der Waals surface area contributed by atoms with E-state index in [0.29, 0.717) is 11.4 Å². The molecule has 72 valence electrons. The predicted molar refractivity (Wildman–Crippen MR) is 64.0 cm³/mol. The van der Waals surface area contributed by atoms with Gasteiger partial charge in [-0.15, -0.1) is 35.6 Å². The molecule has 0 saturated heterocycles. The average Bonchev–Trinajstić information content (AvgIpc) is 2.57. The second-order valence-corrected chi connectivity index (χ2v) is 5.00. The zero-order chi connectivity index (χ0) is 10.1. The number of alkyl halides is 1. The Hall–Kier alpha value is -0.510. The highest BCUT2D eigenvalue weighted by Crippen LogP contribution is 2.33. The van der Waals surface area contributed by atoms with Crippen molar-refractivity contribution in [1.82, 2.24) is 0 Å². The molecule has 0 fully saturated rings. The van der Waals surface area contributed by atoms with E-state index >= 15 is 0 Å². The van der Waals surface area contributed by atoms with E-state index in [9.17, 15) is 4.79 Å². The van der Waals surface area contributed by atoms with Crippen LogP contribution in [-0.4, -0.2) is 6.29 Å². The quantitative estimate of drug-likeness (QED) is 0.482. The van der Waals surface area contributed by atoms with E-state index in [1.807, 2.05) is 12.1 Å². The fraction of sp³-hybridized carbons (Fsp3) is 0.100. The number of rotatable bonds is 2. The lowest BCUT2D eigenvalue weighted by Gasteiger charge is -1.99. The van der Waals surface area contributed by atoms with Gasteiger partial charge in [0.25, 0.3) is 0 Å². The number of aldehydes is 1. The zero-order valence-corrected chi connectivity index (χ0v) is 9.63. The van der Waals surface area contributed by atoms with Gasteiger partial charge < -0.3 is 0 Å². The minimum Gasteiger partial charge on any atom is -0.298 e. The lowest BCUT2D eigenvalue weighted by atomic mass is 10.1. The second-order valence-electron chi connectivity index (χ2n) is 2.89. The summed E-state index contributed by atoms with van der Waals surface area (Å²) in [5.41, 5.74) is 1.75. The van der Waals surface area contributed by atoms with E-state index in [1.54, 1.807) is 17.4 Å². The molecule has 2 rings (SSSR count). The van der Waals surface area contributed by atoms with Crippen molar-refractivity contribution in [3.63, 3.8) is 0 Å². The fourth-order valence-corrected chi connectivity index (χ4v) is 3.04. The van der Waals surface area contributed by atoms with Gasteiger partial charge >= 0.3 is 0 Å². The number of hydrogen-bond acceptors (Lipinski definition) is 3. The van der Waals surface area contributed by atoms with E-state index in [4.69, 9.17) is 11.6 Å². The minimum absolute atomic E-state index is 0.462. The molecule has 1 aromatic carbocycles. The smallest absolute Gasteiger partial charge is 0.150 e. The van der Waals surface area contributed by atoms with Crippen LogP contribution in [0.3, 0.4) is 0 Å². The van der Waals surface area contributed by atoms with Gasteiger partial charge in [-0.1, -0.05) is 12.1 Å². The molecule has 1 heterocycles. The molecule has 14 heavy (non-hydrogen) atoms. The lowest BCUT2D eigenvalue weighted by Crippen LogP contribution is -1.84. The SMILES string of the molecule is O=Cc1ccc(CCl)c2sc(S)cc12. The van der Waals surface area contributed by atoms with Crippen LogP contribution in [0.1, 0.15) is 15.9 Å². The Morgan fingerprint density at radius 2 is 2.29 bits per heavy atom. The Balaban J connectivity index is 2.83. The Kier molecular flexibility index (Phi) is 2.81. The molecule has 0 aliphatic rings. The number of hydrogen-bond donors (Lipinski definition) is 1. The summed E-state index contributed by atoms with van der Waals surface area (Å²) in [7, 11) is 0. The molecule has 2 aromatic rings. The maximum absolute atomic E-state index is 10.8. The molecule has 1 nitrogen and oxygen atoms in total. The monoisotopic (exact) mass is 242 g/mol. The minimum atomic E-state index is 0.462. The number of carbonyl (C=O) groups excluding carboxylic acids is 1. The summed E-state index contributed by atoms with van der Waals surface area (Å²) in [5, 5.41) is 0.952. The van der Waals surface area contributed by atoms with Gasteiger partial charge in [0.1, 0.15) is 0 Å². The molecule has 0 radical (unpaired) electrons. The van der Waals surface area contributed by atoms with Crippen molar-refractivity contribution in [2.75, 3.05) is 0 Å². The van der Waals surface area contributed by atoms with Crippen LogP contribution in [0.25, 0.3) is 10.1 Å². The number of fused-ring (bicyclic) bond motifs is 1. The molecule has 1 aromatic heterocycles. The number of thiophene rings is 1. The zero-order valence-electron chi connectivity index (χ0n) is 7.16. The van der Waals surface area contributed by atoms with E-state index in [1.165, 1.54) is 0 Å². The predicted octanol–water partition coefficient (Wildman–Crippen LogP) is 3.74. The topological polar surface area (TPSA) is 17.1 Å². The third-order valence-electron chi connectivity index (χ3n) is 2.06. The molecule has 4 heteroatoms. The summed E-state index contributed by atoms with van der Waals surface area (Å²) in [6, 6.07) is 5.60. The highest BCUT2D eigenvalue weighted by Gasteiger charge is 2.08. The molecule has 0 N–H and O–H groups in total. The van der Waals surface area contributed by atoms with E-state index in [-0.39, 0.29) is 0 Å². The summed E-state index contributed by atoms with van der Waals surface area (Å²) in [6.45, 7) is 0. The molecular formula is C10H7ClOS2. The lowest BCUT2D eigenvalue weighted by molar-refractivity contribution is 0.112. The van der Waals surface area contributed by atoms with Crippen molar-refractivity contribution in [1.29, 1.82) is 0 Å². The van der Waals surface area contributed by atoms with Crippen molar-refractivity contribution in [2.24, 2.45) is 0 Å². The van der Waals surface area contributed by atoms with Gasteiger partial charge in [0.2, 0.25) is 0 Å². The summed E-state index contributed by atoms with van der Waals surface area (Å²) >= 11 is 11.6. The van der Waals surface area contributed by atoms with Crippen molar-refractivity contribution in [3.8, 4) is 0 Å². The molecule has 0 bridgehead atoms. The van der Waals surface area contributed by atoms with Crippen molar-refractivity contribution in [3.05, 3.63) is 29.3 Å². The van der Waals surface area contributed by atoms with Gasteiger partial charge in [-0.25, -0.2) is 0 Å². The van der Waals surface area contributed by atoms with E-state index < -0.39 is 0 Å². The van der Waals surface area contributed by atoms with Gasteiger partial charge in [0.15, 0.2) is 6.29 Å². The average molecular weight is 243 g/mol. The molecule has 0 spiro atoms. The molecule has 0 aliphatic heterocycles. The number of carbonyl (C=O) groups is 1. The highest BCUT2D eigenvalue weighted by atomic mass is 35.5. The van der Waals surface area contributed by atoms with Gasteiger partial charge in [-0.2, -0.15) is 0 Å². The molecule has 0 aliphatic carbocycles. The summed E-state index contributed by atoms with van der Waals surface area (Å²) < 4.78 is 1.97. The summed E-state index contributed by atoms with van der Waals surface area (Å²) in [5.74, 6) is 0.462. The maximum atomic E-state index is 10.8. The highest BCUT2D eigenvalue weighted by molar-refractivity contribution is 7.83. The first-order valence-corrected chi connectivity index (χ1v) is 5.81. The van der Waals surface area contributed by atoms with Gasteiger partial charge in [-0.05, 0) is 11.6 Å². The number of thiol groups is 1. The fourth-order valence-electron chi connectivity index (χ4n) is 1.39. The van der Waals surface area contributed by atoms with Crippen LogP contribution in [0.2, 0.25) is 0 Å². The summed E-state index contributed by atoms with van der Waals surface area (Å²) in [6.07, 6.45) is 0.861. The van der Waals surface area contributed by atoms with E-state index in [2.05, 4.69) is 12.6 Å². The van der Waals surface area contributed by atoms with Crippen molar-refractivity contribution < 1.29 is 4.79 Å². The largest absolute Gasteiger partial charge is 0.298 e. The first-order chi connectivity index (χ1) is 6.76. The van der Waals surface area contributed by atoms with E-state index in [0.717, 1.165) is 26.1 Å². The Labute approximate surface area is 96.1 Å². The first-order valence-electron chi connectivity index (χ1n) is 4.02. The Morgan fingerprint density at radius 1 is 1.50 bits per heavy atom. The molecule has 0 amide bonds. The van der Waals surface area contributed by atoms with Gasteiger partial charge in [-0.3, -0.25) is 4.79 Å². The second kappa shape index (κ2) is 3.93. The third kappa shape index (κ3) is 1.56. The number of benzene rings is 1. The van der Waals surface area contributed by atoms with Gasteiger partial charge in [0.05, 0.1) is 4.21 Å². The Bertz CT molecular complexity index is 490. The van der Waals surface area contributed by atoms with Crippen LogP contribution in [0.4, 0.5) is 0 Å². The molecular weight excluding hydrogens is 236 g/mol. The third-order valence-corrected chi connectivity index (χ3v) is 3.76. The molecule has 0 atom stereocenters. The van der Waals surface area contributed by atoms with Crippen LogP contribution < -0.4 is 0 Å². The van der Waals surface area contributed by atoms with Crippen LogP contribution in [-0.2, 0) is 5.88 Å². The van der Waals surface area contributed by atoms with Crippen LogP contribution in [0.5, 0.6) is 0 Å².